The predicted molar refractivity (Wildman–Crippen MR) is 60.5 cm³/mol. The zero-order valence-electron chi connectivity index (χ0n) is 9.75. The number of hydrogen-bond donors (Lipinski definition) is 2. The van der Waals surface area contributed by atoms with Crippen LogP contribution in [0.25, 0.3) is 0 Å². The van der Waals surface area contributed by atoms with Crippen LogP contribution in [0.15, 0.2) is 0 Å². The van der Waals surface area contributed by atoms with Gasteiger partial charge in [-0.1, -0.05) is 13.3 Å². The van der Waals surface area contributed by atoms with Crippen molar-refractivity contribution in [3.8, 4) is 0 Å². The van der Waals surface area contributed by atoms with Crippen LogP contribution >= 0.6 is 0 Å². The highest BCUT2D eigenvalue weighted by Crippen LogP contribution is 2.25. The van der Waals surface area contributed by atoms with Crippen molar-refractivity contribution in [3.05, 3.63) is 0 Å². The molecule has 0 aromatic carbocycles. The quantitative estimate of drug-likeness (QED) is 0.721. The second-order valence-electron chi connectivity index (χ2n) is 5.16. The molecular formula is C12H22N2O. The fourth-order valence-corrected chi connectivity index (χ4v) is 2.87. The van der Waals surface area contributed by atoms with Crippen LogP contribution in [0.2, 0.25) is 0 Å². The lowest BCUT2D eigenvalue weighted by molar-refractivity contribution is -0.126. The van der Waals surface area contributed by atoms with Gasteiger partial charge in [0.1, 0.15) is 0 Å². The third kappa shape index (κ3) is 2.33. The van der Waals surface area contributed by atoms with E-state index in [0.29, 0.717) is 18.0 Å². The molecule has 4 atom stereocenters. The second-order valence-corrected chi connectivity index (χ2v) is 5.16. The Morgan fingerprint density at radius 2 is 2.07 bits per heavy atom. The maximum Gasteiger partial charge on any atom is 0.224 e. The van der Waals surface area contributed by atoms with Crippen molar-refractivity contribution in [1.29, 1.82) is 0 Å². The highest BCUT2D eigenvalue weighted by Gasteiger charge is 2.32. The zero-order chi connectivity index (χ0) is 10.8. The highest BCUT2D eigenvalue weighted by atomic mass is 16.2. The van der Waals surface area contributed by atoms with E-state index in [1.807, 2.05) is 0 Å². The van der Waals surface area contributed by atoms with Crippen molar-refractivity contribution in [2.24, 2.45) is 11.8 Å². The van der Waals surface area contributed by atoms with Crippen molar-refractivity contribution in [2.45, 2.75) is 51.6 Å². The van der Waals surface area contributed by atoms with E-state index < -0.39 is 0 Å². The number of carbonyl (C=O) groups excluding carboxylic acids is 1. The molecular weight excluding hydrogens is 188 g/mol. The van der Waals surface area contributed by atoms with Gasteiger partial charge in [-0.05, 0) is 38.6 Å². The molecule has 1 aliphatic heterocycles. The molecule has 4 unspecified atom stereocenters. The van der Waals surface area contributed by atoms with E-state index in [1.165, 1.54) is 19.3 Å². The average Bonchev–Trinajstić information content (AvgIpc) is 2.76. The van der Waals surface area contributed by atoms with Crippen LogP contribution in [0.3, 0.4) is 0 Å². The molecule has 0 bridgehead atoms. The SMILES string of the molecule is CC1CCCC1NC(=O)C1CCNC1C. The van der Waals surface area contributed by atoms with Gasteiger partial charge in [-0.3, -0.25) is 4.79 Å². The van der Waals surface area contributed by atoms with Crippen molar-refractivity contribution in [3.63, 3.8) is 0 Å². The van der Waals surface area contributed by atoms with E-state index in [9.17, 15) is 4.79 Å². The van der Waals surface area contributed by atoms with Gasteiger partial charge in [0.05, 0.1) is 5.92 Å². The minimum absolute atomic E-state index is 0.192. The summed E-state index contributed by atoms with van der Waals surface area (Å²) in [4.78, 5) is 12.0. The molecule has 2 fully saturated rings. The van der Waals surface area contributed by atoms with Crippen LogP contribution < -0.4 is 10.6 Å². The summed E-state index contributed by atoms with van der Waals surface area (Å²) < 4.78 is 0. The molecule has 0 aromatic heterocycles. The first-order valence-electron chi connectivity index (χ1n) is 6.22. The minimum atomic E-state index is 0.192. The lowest BCUT2D eigenvalue weighted by atomic mass is 9.99. The lowest BCUT2D eigenvalue weighted by Crippen LogP contribution is -2.43. The summed E-state index contributed by atoms with van der Waals surface area (Å²) in [5, 5.41) is 6.55. The third-order valence-electron chi connectivity index (χ3n) is 4.05. The normalized spacial score (nSPS) is 40.7. The van der Waals surface area contributed by atoms with E-state index >= 15 is 0 Å². The number of amides is 1. The van der Waals surface area contributed by atoms with Crippen molar-refractivity contribution >= 4 is 5.91 Å². The summed E-state index contributed by atoms with van der Waals surface area (Å²) in [6, 6.07) is 0.784. The number of rotatable bonds is 2. The third-order valence-corrected chi connectivity index (χ3v) is 4.05. The maximum absolute atomic E-state index is 12.0. The first-order valence-corrected chi connectivity index (χ1v) is 6.22. The Morgan fingerprint density at radius 3 is 2.60 bits per heavy atom. The summed E-state index contributed by atoms with van der Waals surface area (Å²) in [6.45, 7) is 5.34. The van der Waals surface area contributed by atoms with Crippen LogP contribution in [0, 0.1) is 11.8 Å². The number of nitrogens with one attached hydrogen (secondary N) is 2. The Kier molecular flexibility index (Phi) is 3.29. The first kappa shape index (κ1) is 10.9. The van der Waals surface area contributed by atoms with Gasteiger partial charge in [-0.2, -0.15) is 0 Å². The van der Waals surface area contributed by atoms with E-state index in [4.69, 9.17) is 0 Å². The molecule has 1 heterocycles. The first-order chi connectivity index (χ1) is 7.18. The Labute approximate surface area is 92.0 Å². The molecule has 0 spiro atoms. The summed E-state index contributed by atoms with van der Waals surface area (Å²) >= 11 is 0. The molecule has 1 amide bonds. The monoisotopic (exact) mass is 210 g/mol. The van der Waals surface area contributed by atoms with Gasteiger partial charge in [0.15, 0.2) is 0 Å². The number of carbonyl (C=O) groups is 1. The average molecular weight is 210 g/mol. The van der Waals surface area contributed by atoms with E-state index in [-0.39, 0.29) is 11.8 Å². The maximum atomic E-state index is 12.0. The molecule has 1 aliphatic carbocycles. The van der Waals surface area contributed by atoms with Gasteiger partial charge < -0.3 is 10.6 Å². The molecule has 3 heteroatoms. The molecule has 1 saturated heterocycles. The molecule has 0 radical (unpaired) electrons. The number of hydrogen-bond acceptors (Lipinski definition) is 2. The van der Waals surface area contributed by atoms with Crippen molar-refractivity contribution < 1.29 is 4.79 Å². The fraction of sp³-hybridized carbons (Fsp3) is 0.917. The Hall–Kier alpha value is -0.570. The van der Waals surface area contributed by atoms with Gasteiger partial charge >= 0.3 is 0 Å². The van der Waals surface area contributed by atoms with Gasteiger partial charge in [0.2, 0.25) is 5.91 Å². The molecule has 2 rings (SSSR count). The van der Waals surface area contributed by atoms with Crippen LogP contribution in [-0.4, -0.2) is 24.5 Å². The summed E-state index contributed by atoms with van der Waals surface area (Å²) in [6.07, 6.45) is 4.70. The van der Waals surface area contributed by atoms with Crippen LogP contribution in [0.4, 0.5) is 0 Å². The van der Waals surface area contributed by atoms with Gasteiger partial charge in [-0.25, -0.2) is 0 Å². The van der Waals surface area contributed by atoms with Crippen LogP contribution in [-0.2, 0) is 4.79 Å². The van der Waals surface area contributed by atoms with Crippen molar-refractivity contribution in [2.75, 3.05) is 6.54 Å². The van der Waals surface area contributed by atoms with Gasteiger partial charge in [0.25, 0.3) is 0 Å². The van der Waals surface area contributed by atoms with Crippen LogP contribution in [0.1, 0.15) is 39.5 Å². The van der Waals surface area contributed by atoms with E-state index in [2.05, 4.69) is 24.5 Å². The predicted octanol–water partition coefficient (Wildman–Crippen LogP) is 1.29. The molecule has 1 saturated carbocycles. The molecule has 2 aliphatic rings. The summed E-state index contributed by atoms with van der Waals surface area (Å²) in [7, 11) is 0. The standard InChI is InChI=1S/C12H22N2O/c1-8-4-3-5-11(8)14-12(15)10-6-7-13-9(10)2/h8-11,13H,3-7H2,1-2H3,(H,14,15). The van der Waals surface area contributed by atoms with Gasteiger partial charge in [-0.15, -0.1) is 0 Å². The smallest absolute Gasteiger partial charge is 0.224 e. The Balaban J connectivity index is 1.86. The molecule has 3 nitrogen and oxygen atoms in total. The fourth-order valence-electron chi connectivity index (χ4n) is 2.87. The Morgan fingerprint density at radius 1 is 1.27 bits per heavy atom. The molecule has 86 valence electrons. The van der Waals surface area contributed by atoms with Crippen molar-refractivity contribution in [1.82, 2.24) is 10.6 Å². The Bertz CT molecular complexity index is 242. The minimum Gasteiger partial charge on any atom is -0.353 e. The topological polar surface area (TPSA) is 41.1 Å². The van der Waals surface area contributed by atoms with Gasteiger partial charge in [0, 0.05) is 12.1 Å². The highest BCUT2D eigenvalue weighted by molar-refractivity contribution is 5.80. The molecule has 0 aromatic rings. The lowest BCUT2D eigenvalue weighted by Gasteiger charge is -2.21. The second kappa shape index (κ2) is 4.52. The summed E-state index contributed by atoms with van der Waals surface area (Å²) in [5.74, 6) is 1.13. The largest absolute Gasteiger partial charge is 0.353 e. The van der Waals surface area contributed by atoms with Crippen LogP contribution in [0.5, 0.6) is 0 Å². The van der Waals surface area contributed by atoms with E-state index in [0.717, 1.165) is 13.0 Å². The summed E-state index contributed by atoms with van der Waals surface area (Å²) in [5.41, 5.74) is 0. The molecule has 15 heavy (non-hydrogen) atoms. The zero-order valence-corrected chi connectivity index (χ0v) is 9.75. The molecule has 2 N–H and O–H groups in total. The van der Waals surface area contributed by atoms with E-state index in [1.54, 1.807) is 0 Å².